The first-order chi connectivity index (χ1) is 12.0. The standard InChI is InChI=1S/C19H20Cl2N2O2/c20-14-10-15(21)12-16(11-14)22-19(25)18(13-4-2-1-3-5-13)23-8-6-17(24)7-9-23/h1-5,10-12,17-18,24H,6-9H2,(H,22,25)/t18-/m0/s1. The molecule has 0 radical (unpaired) electrons. The van der Waals surface area contributed by atoms with Crippen molar-refractivity contribution in [2.24, 2.45) is 0 Å². The number of halogens is 2. The van der Waals surface area contributed by atoms with Crippen molar-refractivity contribution in [3.8, 4) is 0 Å². The molecule has 0 spiro atoms. The van der Waals surface area contributed by atoms with Gasteiger partial charge in [0.2, 0.25) is 5.91 Å². The highest BCUT2D eigenvalue weighted by molar-refractivity contribution is 6.35. The monoisotopic (exact) mass is 378 g/mol. The lowest BCUT2D eigenvalue weighted by molar-refractivity contribution is -0.122. The number of rotatable bonds is 4. The zero-order valence-corrected chi connectivity index (χ0v) is 15.2. The third-order valence-electron chi connectivity index (χ3n) is 4.36. The molecule has 4 nitrogen and oxygen atoms in total. The Morgan fingerprint density at radius 2 is 1.68 bits per heavy atom. The number of benzene rings is 2. The van der Waals surface area contributed by atoms with Crippen LogP contribution in [0.25, 0.3) is 0 Å². The molecular formula is C19H20Cl2N2O2. The van der Waals surface area contributed by atoms with Crippen molar-refractivity contribution in [3.05, 3.63) is 64.1 Å². The van der Waals surface area contributed by atoms with Crippen LogP contribution in [0.2, 0.25) is 10.0 Å². The second-order valence-electron chi connectivity index (χ2n) is 6.23. The van der Waals surface area contributed by atoms with Gasteiger partial charge in [0.1, 0.15) is 6.04 Å². The molecule has 1 atom stereocenters. The second-order valence-corrected chi connectivity index (χ2v) is 7.10. The number of aliphatic hydroxyl groups excluding tert-OH is 1. The molecule has 3 rings (SSSR count). The average Bonchev–Trinajstić information content (AvgIpc) is 2.57. The number of carbonyl (C=O) groups excluding carboxylic acids is 1. The molecular weight excluding hydrogens is 359 g/mol. The minimum absolute atomic E-state index is 0.138. The first-order valence-electron chi connectivity index (χ1n) is 8.27. The number of hydrogen-bond donors (Lipinski definition) is 2. The van der Waals surface area contributed by atoms with Crippen LogP contribution in [0.1, 0.15) is 24.4 Å². The van der Waals surface area contributed by atoms with Gasteiger partial charge in [-0.25, -0.2) is 0 Å². The predicted octanol–water partition coefficient (Wildman–Crippen LogP) is 4.13. The zero-order valence-electron chi connectivity index (χ0n) is 13.7. The molecule has 0 saturated carbocycles. The van der Waals surface area contributed by atoms with Gasteiger partial charge in [0, 0.05) is 28.8 Å². The largest absolute Gasteiger partial charge is 0.393 e. The molecule has 1 aliphatic heterocycles. The first kappa shape index (κ1) is 18.2. The molecule has 6 heteroatoms. The summed E-state index contributed by atoms with van der Waals surface area (Å²) in [6.45, 7) is 1.34. The van der Waals surface area contributed by atoms with Crippen molar-refractivity contribution in [1.29, 1.82) is 0 Å². The Balaban J connectivity index is 1.84. The lowest BCUT2D eigenvalue weighted by Gasteiger charge is -2.35. The van der Waals surface area contributed by atoms with Gasteiger partial charge in [0.05, 0.1) is 6.10 Å². The van der Waals surface area contributed by atoms with Crippen molar-refractivity contribution in [3.63, 3.8) is 0 Å². The lowest BCUT2D eigenvalue weighted by atomic mass is 9.99. The molecule has 0 aliphatic carbocycles. The number of aliphatic hydroxyl groups is 1. The van der Waals surface area contributed by atoms with Crippen molar-refractivity contribution in [2.45, 2.75) is 25.0 Å². The number of amides is 1. The van der Waals surface area contributed by atoms with Crippen LogP contribution in [-0.2, 0) is 4.79 Å². The SMILES string of the molecule is O=C(Nc1cc(Cl)cc(Cl)c1)[C@H](c1ccccc1)N1CCC(O)CC1. The van der Waals surface area contributed by atoms with Crippen LogP contribution in [-0.4, -0.2) is 35.1 Å². The van der Waals surface area contributed by atoms with E-state index in [2.05, 4.69) is 10.2 Å². The summed E-state index contributed by atoms with van der Waals surface area (Å²) in [5, 5.41) is 13.6. The summed E-state index contributed by atoms with van der Waals surface area (Å²) in [7, 11) is 0. The molecule has 1 heterocycles. The first-order valence-corrected chi connectivity index (χ1v) is 9.02. The molecule has 1 fully saturated rings. The summed E-state index contributed by atoms with van der Waals surface area (Å²) in [6, 6.07) is 14.2. The highest BCUT2D eigenvalue weighted by atomic mass is 35.5. The number of nitrogens with one attached hydrogen (secondary N) is 1. The summed E-state index contributed by atoms with van der Waals surface area (Å²) < 4.78 is 0. The van der Waals surface area contributed by atoms with E-state index < -0.39 is 6.04 Å². The van der Waals surface area contributed by atoms with E-state index >= 15 is 0 Å². The van der Waals surface area contributed by atoms with Crippen LogP contribution in [0.3, 0.4) is 0 Å². The van der Waals surface area contributed by atoms with Crippen LogP contribution in [0, 0.1) is 0 Å². The van der Waals surface area contributed by atoms with E-state index in [-0.39, 0.29) is 12.0 Å². The maximum atomic E-state index is 13.0. The maximum absolute atomic E-state index is 13.0. The summed E-state index contributed by atoms with van der Waals surface area (Å²) in [6.07, 6.45) is 1.04. The highest BCUT2D eigenvalue weighted by Gasteiger charge is 2.30. The van der Waals surface area contributed by atoms with Crippen LogP contribution in [0.4, 0.5) is 5.69 Å². The molecule has 2 N–H and O–H groups in total. The van der Waals surface area contributed by atoms with Crippen LogP contribution in [0.5, 0.6) is 0 Å². The Morgan fingerprint density at radius 1 is 1.08 bits per heavy atom. The smallest absolute Gasteiger partial charge is 0.246 e. The summed E-state index contributed by atoms with van der Waals surface area (Å²) in [4.78, 5) is 15.1. The van der Waals surface area contributed by atoms with Crippen molar-refractivity contribution >= 4 is 34.8 Å². The van der Waals surface area contributed by atoms with E-state index in [4.69, 9.17) is 23.2 Å². The number of carbonyl (C=O) groups is 1. The second kappa shape index (κ2) is 8.19. The van der Waals surface area contributed by atoms with Gasteiger partial charge in [-0.05, 0) is 36.6 Å². The molecule has 25 heavy (non-hydrogen) atoms. The van der Waals surface area contributed by atoms with Gasteiger partial charge in [-0.15, -0.1) is 0 Å². The highest BCUT2D eigenvalue weighted by Crippen LogP contribution is 2.28. The molecule has 0 aromatic heterocycles. The maximum Gasteiger partial charge on any atom is 0.246 e. The fraction of sp³-hybridized carbons (Fsp3) is 0.316. The van der Waals surface area contributed by atoms with Gasteiger partial charge < -0.3 is 10.4 Å². The van der Waals surface area contributed by atoms with Crippen LogP contribution >= 0.6 is 23.2 Å². The summed E-state index contributed by atoms with van der Waals surface area (Å²) in [5.74, 6) is -0.138. The average molecular weight is 379 g/mol. The third-order valence-corrected chi connectivity index (χ3v) is 4.79. The number of piperidine rings is 1. The van der Waals surface area contributed by atoms with Gasteiger partial charge in [-0.1, -0.05) is 53.5 Å². The van der Waals surface area contributed by atoms with Crippen LogP contribution in [0.15, 0.2) is 48.5 Å². The molecule has 0 unspecified atom stereocenters. The van der Waals surface area contributed by atoms with Crippen LogP contribution < -0.4 is 5.32 Å². The van der Waals surface area contributed by atoms with Gasteiger partial charge >= 0.3 is 0 Å². The Hall–Kier alpha value is -1.59. The minimum Gasteiger partial charge on any atom is -0.393 e. The zero-order chi connectivity index (χ0) is 17.8. The summed E-state index contributed by atoms with van der Waals surface area (Å²) >= 11 is 12.0. The Kier molecular flexibility index (Phi) is 5.97. The third kappa shape index (κ3) is 4.73. The molecule has 0 bridgehead atoms. The molecule has 1 saturated heterocycles. The number of anilines is 1. The molecule has 2 aromatic rings. The van der Waals surface area contributed by atoms with E-state index in [1.807, 2.05) is 30.3 Å². The fourth-order valence-electron chi connectivity index (χ4n) is 3.14. The molecule has 2 aromatic carbocycles. The van der Waals surface area contributed by atoms with Crippen molar-refractivity contribution < 1.29 is 9.90 Å². The van der Waals surface area contributed by atoms with E-state index in [9.17, 15) is 9.90 Å². The van der Waals surface area contributed by atoms with E-state index in [1.54, 1.807) is 18.2 Å². The Morgan fingerprint density at radius 3 is 2.28 bits per heavy atom. The number of likely N-dealkylation sites (tertiary alicyclic amines) is 1. The Labute approximate surface area is 157 Å². The lowest BCUT2D eigenvalue weighted by Crippen LogP contribution is -2.43. The predicted molar refractivity (Wildman–Crippen MR) is 101 cm³/mol. The fourth-order valence-corrected chi connectivity index (χ4v) is 3.67. The van der Waals surface area contributed by atoms with E-state index in [0.29, 0.717) is 41.7 Å². The van der Waals surface area contributed by atoms with Gasteiger partial charge in [-0.3, -0.25) is 9.69 Å². The molecule has 1 aliphatic rings. The number of nitrogens with zero attached hydrogens (tertiary/aromatic N) is 1. The summed E-state index contributed by atoms with van der Waals surface area (Å²) in [5.41, 5.74) is 1.49. The molecule has 1 amide bonds. The normalized spacial score (nSPS) is 17.2. The van der Waals surface area contributed by atoms with Crippen molar-refractivity contribution in [2.75, 3.05) is 18.4 Å². The van der Waals surface area contributed by atoms with E-state index in [1.165, 1.54) is 0 Å². The number of hydrogen-bond acceptors (Lipinski definition) is 3. The minimum atomic E-state index is -0.425. The Bertz CT molecular complexity index is 711. The topological polar surface area (TPSA) is 52.6 Å². The van der Waals surface area contributed by atoms with Crippen molar-refractivity contribution in [1.82, 2.24) is 4.90 Å². The quantitative estimate of drug-likeness (QED) is 0.840. The molecule has 132 valence electrons. The van der Waals surface area contributed by atoms with Gasteiger partial charge in [0.15, 0.2) is 0 Å². The van der Waals surface area contributed by atoms with Gasteiger partial charge in [0.25, 0.3) is 0 Å². The van der Waals surface area contributed by atoms with E-state index in [0.717, 1.165) is 5.56 Å². The van der Waals surface area contributed by atoms with Gasteiger partial charge in [-0.2, -0.15) is 0 Å².